The third-order valence-electron chi connectivity index (χ3n) is 3.92. The molecular formula is C21H21N3O4. The van der Waals surface area contributed by atoms with Crippen molar-refractivity contribution in [3.63, 3.8) is 0 Å². The molecule has 0 spiro atoms. The Morgan fingerprint density at radius 3 is 2.54 bits per heavy atom. The van der Waals surface area contributed by atoms with Gasteiger partial charge in [-0.3, -0.25) is 4.79 Å². The number of amides is 1. The fourth-order valence-corrected chi connectivity index (χ4v) is 2.51. The molecule has 7 nitrogen and oxygen atoms in total. The number of esters is 1. The zero-order valence-electron chi connectivity index (χ0n) is 15.7. The van der Waals surface area contributed by atoms with E-state index in [9.17, 15) is 14.9 Å². The van der Waals surface area contributed by atoms with Crippen molar-refractivity contribution in [2.24, 2.45) is 0 Å². The molecule has 0 aliphatic carbocycles. The summed E-state index contributed by atoms with van der Waals surface area (Å²) in [7, 11) is 2.86. The van der Waals surface area contributed by atoms with Gasteiger partial charge in [0.25, 0.3) is 5.91 Å². The van der Waals surface area contributed by atoms with Crippen molar-refractivity contribution in [2.75, 3.05) is 26.1 Å². The summed E-state index contributed by atoms with van der Waals surface area (Å²) in [5, 5.41) is 14.8. The molecule has 0 saturated heterocycles. The summed E-state index contributed by atoms with van der Waals surface area (Å²) in [6, 6.07) is 15.9. The normalized spacial score (nSPS) is 10.5. The minimum Gasteiger partial charge on any atom is -0.496 e. The SMILES string of the molecule is COC(=O)c1ccccc1NC(=O)/C(C#N)=C\NCCc1ccccc1OC. The van der Waals surface area contributed by atoms with Gasteiger partial charge in [0.2, 0.25) is 0 Å². The van der Waals surface area contributed by atoms with E-state index in [0.29, 0.717) is 13.0 Å². The van der Waals surface area contributed by atoms with Crippen molar-refractivity contribution in [3.05, 3.63) is 71.4 Å². The van der Waals surface area contributed by atoms with Crippen LogP contribution in [0.4, 0.5) is 5.69 Å². The lowest BCUT2D eigenvalue weighted by Gasteiger charge is -2.10. The zero-order chi connectivity index (χ0) is 20.4. The van der Waals surface area contributed by atoms with Crippen LogP contribution >= 0.6 is 0 Å². The molecular weight excluding hydrogens is 358 g/mol. The first-order valence-electron chi connectivity index (χ1n) is 8.55. The number of ether oxygens (including phenoxy) is 2. The van der Waals surface area contributed by atoms with E-state index in [-0.39, 0.29) is 16.8 Å². The first kappa shape index (κ1) is 20.5. The summed E-state index contributed by atoms with van der Waals surface area (Å²) >= 11 is 0. The van der Waals surface area contributed by atoms with Crippen molar-refractivity contribution in [1.82, 2.24) is 5.32 Å². The van der Waals surface area contributed by atoms with Crippen molar-refractivity contribution in [2.45, 2.75) is 6.42 Å². The molecule has 0 radical (unpaired) electrons. The van der Waals surface area contributed by atoms with Gasteiger partial charge in [0.1, 0.15) is 17.4 Å². The average Bonchev–Trinajstić information content (AvgIpc) is 2.73. The van der Waals surface area contributed by atoms with Crippen molar-refractivity contribution in [3.8, 4) is 11.8 Å². The molecule has 0 aliphatic rings. The topological polar surface area (TPSA) is 100 Å². The standard InChI is InChI=1S/C21H21N3O4/c1-27-19-10-6-3-7-15(19)11-12-23-14-16(13-22)20(25)24-18-9-5-4-8-17(18)21(26)28-2/h3-10,14,23H,11-12H2,1-2H3,(H,24,25)/b16-14-. The van der Waals surface area contributed by atoms with Gasteiger partial charge in [-0.2, -0.15) is 5.26 Å². The van der Waals surface area contributed by atoms with E-state index < -0.39 is 11.9 Å². The largest absolute Gasteiger partial charge is 0.496 e. The predicted octanol–water partition coefficient (Wildman–Crippen LogP) is 2.66. The molecule has 0 aromatic heterocycles. The Hall–Kier alpha value is -3.79. The molecule has 2 N–H and O–H groups in total. The summed E-state index contributed by atoms with van der Waals surface area (Å²) in [4.78, 5) is 24.1. The molecule has 1 amide bonds. The number of carbonyl (C=O) groups is 2. The molecule has 0 atom stereocenters. The smallest absolute Gasteiger partial charge is 0.339 e. The fourth-order valence-electron chi connectivity index (χ4n) is 2.51. The van der Waals surface area contributed by atoms with Crippen molar-refractivity contribution in [1.29, 1.82) is 5.26 Å². The molecule has 0 fully saturated rings. The van der Waals surface area contributed by atoms with Crippen LogP contribution in [-0.2, 0) is 16.0 Å². The number of rotatable bonds is 8. The maximum Gasteiger partial charge on any atom is 0.339 e. The third kappa shape index (κ3) is 5.35. The van der Waals surface area contributed by atoms with Crippen LogP contribution < -0.4 is 15.4 Å². The predicted molar refractivity (Wildman–Crippen MR) is 105 cm³/mol. The molecule has 2 aromatic carbocycles. The Kier molecular flexibility index (Phi) is 7.61. The quantitative estimate of drug-likeness (QED) is 0.317. The van der Waals surface area contributed by atoms with E-state index in [1.807, 2.05) is 30.3 Å². The number of carbonyl (C=O) groups excluding carboxylic acids is 2. The van der Waals surface area contributed by atoms with Crippen LogP contribution in [0.2, 0.25) is 0 Å². The molecule has 0 heterocycles. The second kappa shape index (κ2) is 10.4. The molecule has 144 valence electrons. The van der Waals surface area contributed by atoms with Gasteiger partial charge in [0.05, 0.1) is 25.5 Å². The first-order chi connectivity index (χ1) is 13.6. The molecule has 2 rings (SSSR count). The summed E-state index contributed by atoms with van der Waals surface area (Å²) in [6.45, 7) is 0.511. The fraction of sp³-hybridized carbons (Fsp3) is 0.190. The second-order valence-electron chi connectivity index (χ2n) is 5.68. The maximum atomic E-state index is 12.4. The van der Waals surface area contributed by atoms with Gasteiger partial charge >= 0.3 is 5.97 Å². The first-order valence-corrected chi connectivity index (χ1v) is 8.55. The summed E-state index contributed by atoms with van der Waals surface area (Å²) in [5.41, 5.74) is 1.38. The summed E-state index contributed by atoms with van der Waals surface area (Å²) in [6.07, 6.45) is 2.01. The molecule has 28 heavy (non-hydrogen) atoms. The Morgan fingerprint density at radius 1 is 1.11 bits per heavy atom. The van der Waals surface area contributed by atoms with Crippen molar-refractivity contribution < 1.29 is 19.1 Å². The van der Waals surface area contributed by atoms with Gasteiger partial charge in [0, 0.05) is 12.7 Å². The van der Waals surface area contributed by atoms with Gasteiger partial charge < -0.3 is 20.1 Å². The number of anilines is 1. The lowest BCUT2D eigenvalue weighted by atomic mass is 10.1. The highest BCUT2D eigenvalue weighted by Gasteiger charge is 2.15. The number of hydrogen-bond donors (Lipinski definition) is 2. The Labute approximate surface area is 163 Å². The van der Waals surface area contributed by atoms with E-state index >= 15 is 0 Å². The van der Waals surface area contributed by atoms with Gasteiger partial charge in [-0.15, -0.1) is 0 Å². The van der Waals surface area contributed by atoms with Gasteiger partial charge in [0.15, 0.2) is 0 Å². The third-order valence-corrected chi connectivity index (χ3v) is 3.92. The minimum absolute atomic E-state index is 0.111. The van der Waals surface area contributed by atoms with Crippen LogP contribution in [0.1, 0.15) is 15.9 Å². The van der Waals surface area contributed by atoms with Crippen LogP contribution in [0.5, 0.6) is 5.75 Å². The lowest BCUT2D eigenvalue weighted by molar-refractivity contribution is -0.112. The highest BCUT2D eigenvalue weighted by atomic mass is 16.5. The Morgan fingerprint density at radius 2 is 1.82 bits per heavy atom. The van der Waals surface area contributed by atoms with Crippen LogP contribution in [0, 0.1) is 11.3 Å². The van der Waals surface area contributed by atoms with Crippen LogP contribution in [0.15, 0.2) is 60.3 Å². The molecule has 0 saturated carbocycles. The number of benzene rings is 2. The highest BCUT2D eigenvalue weighted by molar-refractivity contribution is 6.09. The van der Waals surface area contributed by atoms with Gasteiger partial charge in [-0.05, 0) is 30.2 Å². The average molecular weight is 379 g/mol. The maximum absolute atomic E-state index is 12.4. The molecule has 2 aromatic rings. The second-order valence-corrected chi connectivity index (χ2v) is 5.68. The highest BCUT2D eigenvalue weighted by Crippen LogP contribution is 2.18. The molecule has 0 unspecified atom stereocenters. The number of para-hydroxylation sites is 2. The van der Waals surface area contributed by atoms with Crippen molar-refractivity contribution >= 4 is 17.6 Å². The summed E-state index contributed by atoms with van der Waals surface area (Å²) in [5.74, 6) is -0.414. The monoisotopic (exact) mass is 379 g/mol. The number of nitrogens with one attached hydrogen (secondary N) is 2. The molecule has 0 aliphatic heterocycles. The van der Waals surface area contributed by atoms with E-state index in [2.05, 4.69) is 10.6 Å². The summed E-state index contributed by atoms with van der Waals surface area (Å²) < 4.78 is 9.98. The van der Waals surface area contributed by atoms with Gasteiger partial charge in [-0.1, -0.05) is 30.3 Å². The Balaban J connectivity index is 2.00. The van der Waals surface area contributed by atoms with Crippen LogP contribution in [-0.4, -0.2) is 32.6 Å². The number of hydrogen-bond acceptors (Lipinski definition) is 6. The van der Waals surface area contributed by atoms with E-state index in [1.165, 1.54) is 19.4 Å². The van der Waals surface area contributed by atoms with Gasteiger partial charge in [-0.25, -0.2) is 4.79 Å². The Bertz CT molecular complexity index is 916. The van der Waals surface area contributed by atoms with E-state index in [4.69, 9.17) is 9.47 Å². The van der Waals surface area contributed by atoms with E-state index in [1.54, 1.807) is 25.3 Å². The number of nitriles is 1. The lowest BCUT2D eigenvalue weighted by Crippen LogP contribution is -2.19. The number of nitrogens with zero attached hydrogens (tertiary/aromatic N) is 1. The zero-order valence-corrected chi connectivity index (χ0v) is 15.7. The minimum atomic E-state index is -0.622. The molecule has 0 bridgehead atoms. The molecule has 7 heteroatoms. The van der Waals surface area contributed by atoms with Crippen LogP contribution in [0.3, 0.4) is 0 Å². The van der Waals surface area contributed by atoms with Crippen LogP contribution in [0.25, 0.3) is 0 Å². The van der Waals surface area contributed by atoms with E-state index in [0.717, 1.165) is 11.3 Å². The number of methoxy groups -OCH3 is 2.